The maximum Gasteiger partial charge on any atom is 0.433 e. The Kier molecular flexibility index (Phi) is 7.37. The quantitative estimate of drug-likeness (QED) is 0.652. The fourth-order valence-corrected chi connectivity index (χ4v) is 4.15. The largest absolute Gasteiger partial charge is 0.508 e. The highest BCUT2D eigenvalue weighted by Crippen LogP contribution is 2.31. The Labute approximate surface area is 182 Å². The molecule has 9 nitrogen and oxygen atoms in total. The number of carboxylic acid groups (broad SMARTS) is 1. The summed E-state index contributed by atoms with van der Waals surface area (Å²) in [6.07, 6.45) is 0.746. The number of aromatic hydroxyl groups is 1. The summed E-state index contributed by atoms with van der Waals surface area (Å²) in [5.41, 5.74) is 0.776. The normalized spacial score (nSPS) is 23.8. The zero-order valence-electron chi connectivity index (χ0n) is 18.1. The van der Waals surface area contributed by atoms with Crippen LogP contribution in [0.5, 0.6) is 5.75 Å². The number of hydrogen-bond donors (Lipinski definition) is 2. The number of phenols is 1. The Morgan fingerprint density at radius 3 is 2.39 bits per heavy atom. The topological polar surface area (TPSA) is 111 Å². The number of phenolic OH excluding ortho intramolecular Hbond substituents is 1. The van der Waals surface area contributed by atoms with E-state index in [9.17, 15) is 24.6 Å². The minimum Gasteiger partial charge on any atom is -0.508 e. The van der Waals surface area contributed by atoms with E-state index in [-0.39, 0.29) is 30.5 Å². The number of hydrogen-bond acceptors (Lipinski definition) is 5. The molecule has 31 heavy (non-hydrogen) atoms. The van der Waals surface area contributed by atoms with Crippen molar-refractivity contribution in [2.24, 2.45) is 0 Å². The van der Waals surface area contributed by atoms with E-state index < -0.39 is 24.4 Å². The second-order valence-electron chi connectivity index (χ2n) is 8.09. The molecule has 3 amide bonds. The molecule has 2 saturated heterocycles. The predicted octanol–water partition coefficient (Wildman–Crippen LogP) is 2.58. The summed E-state index contributed by atoms with van der Waals surface area (Å²) < 4.78 is 0. The van der Waals surface area contributed by atoms with Crippen molar-refractivity contribution in [1.29, 1.82) is 0 Å². The van der Waals surface area contributed by atoms with Gasteiger partial charge in [0.25, 0.3) is 5.91 Å². The van der Waals surface area contributed by atoms with Gasteiger partial charge in [-0.1, -0.05) is 45.2 Å². The lowest BCUT2D eigenvalue weighted by Gasteiger charge is -2.52. The highest BCUT2D eigenvalue weighted by molar-refractivity contribution is 5.92. The van der Waals surface area contributed by atoms with Gasteiger partial charge in [-0.3, -0.25) is 14.4 Å². The highest BCUT2D eigenvalue weighted by Gasteiger charge is 2.52. The van der Waals surface area contributed by atoms with Crippen molar-refractivity contribution >= 4 is 17.9 Å². The van der Waals surface area contributed by atoms with Gasteiger partial charge in [0.15, 0.2) is 12.3 Å². The monoisotopic (exact) mass is 433 g/mol. The number of rotatable bonds is 8. The Balaban J connectivity index is 1.96. The van der Waals surface area contributed by atoms with Crippen LogP contribution in [0.15, 0.2) is 24.3 Å². The predicted molar refractivity (Wildman–Crippen MR) is 112 cm³/mol. The number of benzene rings is 1. The van der Waals surface area contributed by atoms with E-state index >= 15 is 0 Å². The Bertz CT molecular complexity index is 799. The van der Waals surface area contributed by atoms with Gasteiger partial charge in [0.05, 0.1) is 6.54 Å². The minimum atomic E-state index is -1.28. The van der Waals surface area contributed by atoms with Gasteiger partial charge in [-0.2, -0.15) is 5.06 Å². The molecule has 1 aromatic carbocycles. The molecule has 170 valence electrons. The summed E-state index contributed by atoms with van der Waals surface area (Å²) in [4.78, 5) is 47.3. The van der Waals surface area contributed by atoms with E-state index in [0.717, 1.165) is 29.9 Å². The van der Waals surface area contributed by atoms with Crippen LogP contribution in [0.2, 0.25) is 0 Å². The number of piperazine rings is 1. The van der Waals surface area contributed by atoms with Gasteiger partial charge in [0, 0.05) is 13.0 Å². The Morgan fingerprint density at radius 2 is 1.77 bits per heavy atom. The second kappa shape index (κ2) is 10.00. The summed E-state index contributed by atoms with van der Waals surface area (Å²) in [5, 5.41) is 20.2. The maximum absolute atomic E-state index is 13.4. The van der Waals surface area contributed by atoms with Crippen LogP contribution in [0.3, 0.4) is 0 Å². The standard InChI is InChI=1S/C22H31N3O6/c1-3-5-7-18-21(28)24-17(13-15-8-10-16(26)11-9-15)20(27)23(12-6-4-2)14-19(24)25(31-18)22(29)30/h8-11,17-19,26H,3-7,12-14H2,1-2H3,(H,29,30). The van der Waals surface area contributed by atoms with E-state index in [4.69, 9.17) is 4.84 Å². The first-order valence-corrected chi connectivity index (χ1v) is 10.9. The first-order chi connectivity index (χ1) is 14.9. The molecule has 2 fully saturated rings. The smallest absolute Gasteiger partial charge is 0.433 e. The first kappa shape index (κ1) is 22.9. The van der Waals surface area contributed by atoms with Crippen molar-refractivity contribution in [3.8, 4) is 5.75 Å². The molecule has 2 N–H and O–H groups in total. The molecule has 2 aliphatic heterocycles. The zero-order chi connectivity index (χ0) is 22.5. The number of carbonyl (C=O) groups excluding carboxylic acids is 2. The minimum absolute atomic E-state index is 0.0868. The van der Waals surface area contributed by atoms with E-state index in [1.807, 2.05) is 13.8 Å². The van der Waals surface area contributed by atoms with Gasteiger partial charge in [0.2, 0.25) is 5.91 Å². The number of amides is 3. The fourth-order valence-electron chi connectivity index (χ4n) is 4.15. The first-order valence-electron chi connectivity index (χ1n) is 10.9. The van der Waals surface area contributed by atoms with Crippen molar-refractivity contribution in [2.45, 2.75) is 70.7 Å². The number of unbranched alkanes of at least 4 members (excludes halogenated alkanes) is 2. The maximum atomic E-state index is 13.4. The molecule has 3 rings (SSSR count). The van der Waals surface area contributed by atoms with E-state index in [1.54, 1.807) is 17.0 Å². The third-order valence-electron chi connectivity index (χ3n) is 5.83. The molecular weight excluding hydrogens is 402 g/mol. The molecule has 0 saturated carbocycles. The van der Waals surface area contributed by atoms with Crippen molar-refractivity contribution in [3.63, 3.8) is 0 Å². The Morgan fingerprint density at radius 1 is 1.10 bits per heavy atom. The average Bonchev–Trinajstić information content (AvgIpc) is 2.75. The van der Waals surface area contributed by atoms with Crippen LogP contribution in [0.4, 0.5) is 4.79 Å². The van der Waals surface area contributed by atoms with Gasteiger partial charge in [0.1, 0.15) is 11.8 Å². The summed E-state index contributed by atoms with van der Waals surface area (Å²) >= 11 is 0. The van der Waals surface area contributed by atoms with Crippen LogP contribution in [0, 0.1) is 0 Å². The van der Waals surface area contributed by atoms with Crippen molar-refractivity contribution < 1.29 is 29.4 Å². The van der Waals surface area contributed by atoms with E-state index in [0.29, 0.717) is 19.4 Å². The number of fused-ring (bicyclic) bond motifs is 1. The van der Waals surface area contributed by atoms with Crippen molar-refractivity contribution in [3.05, 3.63) is 29.8 Å². The number of hydroxylamine groups is 2. The van der Waals surface area contributed by atoms with Crippen LogP contribution >= 0.6 is 0 Å². The molecule has 3 unspecified atom stereocenters. The molecule has 0 aliphatic carbocycles. The fraction of sp³-hybridized carbons (Fsp3) is 0.591. The van der Waals surface area contributed by atoms with Gasteiger partial charge in [-0.05, 0) is 30.5 Å². The molecule has 0 bridgehead atoms. The van der Waals surface area contributed by atoms with Gasteiger partial charge >= 0.3 is 6.09 Å². The van der Waals surface area contributed by atoms with Crippen LogP contribution < -0.4 is 0 Å². The third-order valence-corrected chi connectivity index (χ3v) is 5.83. The average molecular weight is 434 g/mol. The lowest BCUT2D eigenvalue weighted by atomic mass is 9.97. The van der Waals surface area contributed by atoms with Crippen molar-refractivity contribution in [2.75, 3.05) is 13.1 Å². The van der Waals surface area contributed by atoms with E-state index in [1.165, 1.54) is 17.0 Å². The van der Waals surface area contributed by atoms with Crippen LogP contribution in [-0.2, 0) is 20.8 Å². The van der Waals surface area contributed by atoms with Crippen molar-refractivity contribution in [1.82, 2.24) is 14.9 Å². The summed E-state index contributed by atoms with van der Waals surface area (Å²) in [6, 6.07) is 5.64. The summed E-state index contributed by atoms with van der Waals surface area (Å²) in [5.74, 6) is -0.420. The summed E-state index contributed by atoms with van der Waals surface area (Å²) in [7, 11) is 0. The van der Waals surface area contributed by atoms with Gasteiger partial charge in [-0.15, -0.1) is 0 Å². The molecular formula is C22H31N3O6. The van der Waals surface area contributed by atoms with Crippen LogP contribution in [0.25, 0.3) is 0 Å². The molecule has 0 radical (unpaired) electrons. The van der Waals surface area contributed by atoms with Crippen LogP contribution in [-0.4, -0.2) is 74.4 Å². The highest BCUT2D eigenvalue weighted by atomic mass is 16.7. The lowest BCUT2D eigenvalue weighted by Crippen LogP contribution is -2.73. The number of nitrogens with zero attached hydrogens (tertiary/aromatic N) is 3. The molecule has 1 aromatic rings. The third kappa shape index (κ3) is 4.92. The molecule has 2 aliphatic rings. The molecule has 3 atom stereocenters. The summed E-state index contributed by atoms with van der Waals surface area (Å²) in [6.45, 7) is 4.58. The molecule has 0 aromatic heterocycles. The van der Waals surface area contributed by atoms with Gasteiger partial charge < -0.3 is 20.0 Å². The van der Waals surface area contributed by atoms with Crippen LogP contribution in [0.1, 0.15) is 51.5 Å². The van der Waals surface area contributed by atoms with E-state index in [2.05, 4.69) is 0 Å². The zero-order valence-corrected chi connectivity index (χ0v) is 18.1. The molecule has 9 heteroatoms. The molecule has 0 spiro atoms. The molecule has 2 heterocycles. The van der Waals surface area contributed by atoms with Gasteiger partial charge in [-0.25, -0.2) is 4.79 Å². The Hall–Kier alpha value is -2.81. The number of carbonyl (C=O) groups is 3. The lowest BCUT2D eigenvalue weighted by molar-refractivity contribution is -0.265. The SMILES string of the molecule is CCCCC1ON(C(=O)O)C2CN(CCCC)C(=O)C(Cc3ccc(O)cc3)N2C1=O. The second-order valence-corrected chi connectivity index (χ2v) is 8.09.